The number of hydrogen-bond acceptors (Lipinski definition) is 3. The van der Waals surface area contributed by atoms with Gasteiger partial charge < -0.3 is 15.4 Å². The van der Waals surface area contributed by atoms with E-state index in [2.05, 4.69) is 10.6 Å². The summed E-state index contributed by atoms with van der Waals surface area (Å²) in [5.74, 6) is 0.413. The van der Waals surface area contributed by atoms with Crippen molar-refractivity contribution in [2.24, 2.45) is 0 Å². The minimum absolute atomic E-state index is 0.0125. The number of carbonyl (C=O) groups excluding carboxylic acids is 1. The van der Waals surface area contributed by atoms with Crippen molar-refractivity contribution in [3.8, 4) is 5.75 Å². The Balaban J connectivity index is 1.80. The van der Waals surface area contributed by atoms with Gasteiger partial charge in [-0.3, -0.25) is 4.79 Å². The van der Waals surface area contributed by atoms with Gasteiger partial charge in [0.05, 0.1) is 16.4 Å². The third kappa shape index (κ3) is 3.06. The van der Waals surface area contributed by atoms with Crippen molar-refractivity contribution >= 4 is 40.5 Å². The van der Waals surface area contributed by atoms with Crippen LogP contribution in [-0.2, 0) is 11.3 Å². The first kappa shape index (κ1) is 14.0. The quantitative estimate of drug-likeness (QED) is 0.900. The molecule has 4 nitrogen and oxygen atoms in total. The Bertz CT molecular complexity index is 704. The smallest absolute Gasteiger partial charge is 0.262 e. The highest BCUT2D eigenvalue weighted by molar-refractivity contribution is 6.33. The Hall–Kier alpha value is -1.91. The molecule has 0 bridgehead atoms. The Labute approximate surface area is 132 Å². The molecule has 108 valence electrons. The number of ether oxygens (including phenoxy) is 1. The lowest BCUT2D eigenvalue weighted by Crippen LogP contribution is -2.25. The van der Waals surface area contributed by atoms with Gasteiger partial charge in [0.1, 0.15) is 5.75 Å². The van der Waals surface area contributed by atoms with E-state index in [1.165, 1.54) is 0 Å². The van der Waals surface area contributed by atoms with Crippen molar-refractivity contribution in [1.29, 1.82) is 0 Å². The molecule has 0 radical (unpaired) electrons. The lowest BCUT2D eigenvalue weighted by Gasteiger charge is -2.20. The van der Waals surface area contributed by atoms with Gasteiger partial charge in [-0.25, -0.2) is 0 Å². The minimum Gasteiger partial charge on any atom is -0.482 e. The number of benzene rings is 2. The molecule has 0 saturated heterocycles. The molecule has 6 heteroatoms. The van der Waals surface area contributed by atoms with Gasteiger partial charge in [-0.2, -0.15) is 0 Å². The van der Waals surface area contributed by atoms with Crippen molar-refractivity contribution < 1.29 is 9.53 Å². The standard InChI is InChI=1S/C15H12Cl2N2O2/c16-10-4-2-1-3-9(10)7-18-12-6-14-13(5-11(12)17)19-15(20)8-21-14/h1-6,18H,7-8H2,(H,19,20). The van der Waals surface area contributed by atoms with Crippen LogP contribution in [0.3, 0.4) is 0 Å². The van der Waals surface area contributed by atoms with Crippen LogP contribution in [0.1, 0.15) is 5.56 Å². The van der Waals surface area contributed by atoms with E-state index in [9.17, 15) is 4.79 Å². The van der Waals surface area contributed by atoms with Crippen molar-refractivity contribution in [3.05, 3.63) is 52.0 Å². The highest BCUT2D eigenvalue weighted by Gasteiger charge is 2.18. The Kier molecular flexibility index (Phi) is 3.90. The summed E-state index contributed by atoms with van der Waals surface area (Å²) in [6, 6.07) is 11.0. The molecule has 2 N–H and O–H groups in total. The summed E-state index contributed by atoms with van der Waals surface area (Å²) in [5, 5.41) is 7.14. The normalized spacial score (nSPS) is 13.1. The third-order valence-corrected chi connectivity index (χ3v) is 3.81. The van der Waals surface area contributed by atoms with Gasteiger partial charge in [0.2, 0.25) is 0 Å². The largest absolute Gasteiger partial charge is 0.482 e. The van der Waals surface area contributed by atoms with Crippen LogP contribution in [0.25, 0.3) is 0 Å². The number of halogens is 2. The highest BCUT2D eigenvalue weighted by atomic mass is 35.5. The SMILES string of the molecule is O=C1COc2cc(NCc3ccccc3Cl)c(Cl)cc2N1. The van der Waals surface area contributed by atoms with Gasteiger partial charge in [0, 0.05) is 17.6 Å². The van der Waals surface area contributed by atoms with E-state index in [-0.39, 0.29) is 12.5 Å². The van der Waals surface area contributed by atoms with Gasteiger partial charge >= 0.3 is 0 Å². The third-order valence-electron chi connectivity index (χ3n) is 3.13. The average molecular weight is 323 g/mol. The Morgan fingerprint density at radius 1 is 1.19 bits per heavy atom. The number of hydrogen-bond donors (Lipinski definition) is 2. The number of rotatable bonds is 3. The Morgan fingerprint density at radius 2 is 2.00 bits per heavy atom. The summed E-state index contributed by atoms with van der Waals surface area (Å²) in [7, 11) is 0. The first-order chi connectivity index (χ1) is 10.1. The van der Waals surface area contributed by atoms with Crippen LogP contribution in [-0.4, -0.2) is 12.5 Å². The van der Waals surface area contributed by atoms with Crippen molar-refractivity contribution in [3.63, 3.8) is 0 Å². The van der Waals surface area contributed by atoms with E-state index in [4.69, 9.17) is 27.9 Å². The summed E-state index contributed by atoms with van der Waals surface area (Å²) >= 11 is 12.3. The zero-order valence-corrected chi connectivity index (χ0v) is 12.5. The van der Waals surface area contributed by atoms with Crippen LogP contribution < -0.4 is 15.4 Å². The van der Waals surface area contributed by atoms with Gasteiger partial charge in [0.25, 0.3) is 5.91 Å². The van der Waals surface area contributed by atoms with Gasteiger partial charge in [0.15, 0.2) is 6.61 Å². The summed E-state index contributed by atoms with van der Waals surface area (Å²) in [5.41, 5.74) is 2.29. The number of anilines is 2. The summed E-state index contributed by atoms with van der Waals surface area (Å²) in [6.45, 7) is 0.559. The topological polar surface area (TPSA) is 50.4 Å². The molecule has 0 aliphatic carbocycles. The molecule has 0 spiro atoms. The molecule has 1 aliphatic heterocycles. The van der Waals surface area contributed by atoms with E-state index >= 15 is 0 Å². The molecule has 0 fully saturated rings. The molecule has 0 aromatic heterocycles. The van der Waals surface area contributed by atoms with Crippen LogP contribution in [0.5, 0.6) is 5.75 Å². The number of carbonyl (C=O) groups is 1. The highest BCUT2D eigenvalue weighted by Crippen LogP contribution is 2.36. The summed E-state index contributed by atoms with van der Waals surface area (Å²) in [4.78, 5) is 11.3. The summed E-state index contributed by atoms with van der Waals surface area (Å²) < 4.78 is 5.37. The van der Waals surface area contributed by atoms with Crippen molar-refractivity contribution in [2.45, 2.75) is 6.54 Å². The molecule has 3 rings (SSSR count). The zero-order chi connectivity index (χ0) is 14.8. The molecule has 1 heterocycles. The average Bonchev–Trinajstić information content (AvgIpc) is 2.46. The summed E-state index contributed by atoms with van der Waals surface area (Å²) in [6.07, 6.45) is 0. The monoisotopic (exact) mass is 322 g/mol. The maximum absolute atomic E-state index is 11.3. The van der Waals surface area contributed by atoms with Crippen LogP contribution in [0, 0.1) is 0 Å². The maximum atomic E-state index is 11.3. The fraction of sp³-hybridized carbons (Fsp3) is 0.133. The molecule has 0 unspecified atom stereocenters. The molecular weight excluding hydrogens is 311 g/mol. The van der Waals surface area contributed by atoms with E-state index in [1.807, 2.05) is 24.3 Å². The van der Waals surface area contributed by atoms with Gasteiger partial charge in [-0.15, -0.1) is 0 Å². The molecular formula is C15H12Cl2N2O2. The maximum Gasteiger partial charge on any atom is 0.262 e. The van der Waals surface area contributed by atoms with Crippen LogP contribution in [0.2, 0.25) is 10.0 Å². The van der Waals surface area contributed by atoms with E-state index in [0.29, 0.717) is 28.0 Å². The molecule has 21 heavy (non-hydrogen) atoms. The molecule has 2 aromatic rings. The predicted molar refractivity (Wildman–Crippen MR) is 84.4 cm³/mol. The van der Waals surface area contributed by atoms with E-state index < -0.39 is 0 Å². The number of fused-ring (bicyclic) bond motifs is 1. The fourth-order valence-corrected chi connectivity index (χ4v) is 2.50. The lowest BCUT2D eigenvalue weighted by atomic mass is 10.2. The fourth-order valence-electron chi connectivity index (χ4n) is 2.07. The van der Waals surface area contributed by atoms with Crippen molar-refractivity contribution in [1.82, 2.24) is 0 Å². The van der Waals surface area contributed by atoms with Crippen LogP contribution in [0.4, 0.5) is 11.4 Å². The second kappa shape index (κ2) is 5.84. The second-order valence-corrected chi connectivity index (χ2v) is 5.42. The molecule has 0 saturated carbocycles. The van der Waals surface area contributed by atoms with Crippen molar-refractivity contribution in [2.75, 3.05) is 17.2 Å². The molecule has 1 amide bonds. The second-order valence-electron chi connectivity index (χ2n) is 4.61. The first-order valence-electron chi connectivity index (χ1n) is 6.37. The van der Waals surface area contributed by atoms with E-state index in [1.54, 1.807) is 12.1 Å². The number of nitrogens with one attached hydrogen (secondary N) is 2. The molecule has 1 aliphatic rings. The van der Waals surface area contributed by atoms with Gasteiger partial charge in [-0.1, -0.05) is 41.4 Å². The van der Waals surface area contributed by atoms with Crippen LogP contribution in [0.15, 0.2) is 36.4 Å². The first-order valence-corrected chi connectivity index (χ1v) is 7.12. The number of amides is 1. The Morgan fingerprint density at radius 3 is 2.81 bits per heavy atom. The molecule has 2 aromatic carbocycles. The molecule has 0 atom stereocenters. The van der Waals surface area contributed by atoms with Crippen LogP contribution >= 0.6 is 23.2 Å². The van der Waals surface area contributed by atoms with Gasteiger partial charge in [-0.05, 0) is 17.7 Å². The lowest BCUT2D eigenvalue weighted by molar-refractivity contribution is -0.118. The van der Waals surface area contributed by atoms with E-state index in [0.717, 1.165) is 11.3 Å². The zero-order valence-electron chi connectivity index (χ0n) is 11.0. The predicted octanol–water partition coefficient (Wildman–Crippen LogP) is 3.94. The minimum atomic E-state index is -0.185.